The molecule has 3 aliphatic rings. The third-order valence-corrected chi connectivity index (χ3v) is 6.26. The molecular weight excluding hydrogens is 302 g/mol. The molecule has 1 N–H and O–H groups in total. The Morgan fingerprint density at radius 3 is 2.88 bits per heavy atom. The molecule has 0 bridgehead atoms. The fourth-order valence-corrected chi connectivity index (χ4v) is 4.78. The van der Waals surface area contributed by atoms with Gasteiger partial charge in [-0.1, -0.05) is 19.8 Å². The second kappa shape index (κ2) is 6.26. The molecule has 1 aromatic heterocycles. The van der Waals surface area contributed by atoms with Crippen LogP contribution in [-0.4, -0.2) is 25.2 Å². The second-order valence-electron chi connectivity index (χ2n) is 7.79. The highest BCUT2D eigenvalue weighted by molar-refractivity contribution is 5.85. The van der Waals surface area contributed by atoms with E-state index in [9.17, 15) is 4.79 Å². The minimum absolute atomic E-state index is 0.0726. The number of hydrogen-bond donors (Lipinski definition) is 1. The summed E-state index contributed by atoms with van der Waals surface area (Å²) in [6.07, 6.45) is 10.2. The smallest absolute Gasteiger partial charge is 0.244 e. The number of fused-ring (bicyclic) bond motifs is 1. The molecule has 0 aromatic carbocycles. The highest BCUT2D eigenvalue weighted by Crippen LogP contribution is 2.66. The molecule has 2 aliphatic carbocycles. The molecule has 130 valence electrons. The predicted octanol–water partition coefficient (Wildman–Crippen LogP) is 3.55. The zero-order valence-electron chi connectivity index (χ0n) is 14.5. The summed E-state index contributed by atoms with van der Waals surface area (Å²) in [6.45, 7) is 4.37. The normalized spacial score (nSPS) is 32.6. The van der Waals surface area contributed by atoms with Gasteiger partial charge in [0.25, 0.3) is 0 Å². The maximum Gasteiger partial charge on any atom is 0.244 e. The van der Waals surface area contributed by atoms with Crippen LogP contribution in [0.5, 0.6) is 0 Å². The molecule has 1 saturated heterocycles. The molecule has 3 atom stereocenters. The first-order valence-electron chi connectivity index (χ1n) is 9.36. The molecule has 1 aromatic rings. The monoisotopic (exact) mass is 329 g/mol. The van der Waals surface area contributed by atoms with Gasteiger partial charge in [-0.3, -0.25) is 4.79 Å². The Balaban J connectivity index is 1.31. The van der Waals surface area contributed by atoms with Gasteiger partial charge in [-0.05, 0) is 49.5 Å². The molecule has 1 amide bonds. The van der Waals surface area contributed by atoms with Gasteiger partial charge < -0.3 is 9.32 Å². The number of furan rings is 1. The second-order valence-corrected chi connectivity index (χ2v) is 7.79. The first-order chi connectivity index (χ1) is 11.7. The van der Waals surface area contributed by atoms with E-state index in [0.29, 0.717) is 11.7 Å². The molecule has 1 aliphatic heterocycles. The van der Waals surface area contributed by atoms with Crippen LogP contribution < -0.4 is 10.3 Å². The topological polar surface area (TPSA) is 57.8 Å². The minimum Gasteiger partial charge on any atom is -0.440 e. The van der Waals surface area contributed by atoms with Crippen LogP contribution in [0.15, 0.2) is 21.7 Å². The van der Waals surface area contributed by atoms with E-state index in [0.717, 1.165) is 19.0 Å². The lowest BCUT2D eigenvalue weighted by atomic mass is 9.90. The average Bonchev–Trinajstić information content (AvgIpc) is 2.97. The fourth-order valence-electron chi connectivity index (χ4n) is 4.78. The summed E-state index contributed by atoms with van der Waals surface area (Å²) >= 11 is 0. The van der Waals surface area contributed by atoms with E-state index in [1.807, 2.05) is 12.1 Å². The number of piperidine rings is 1. The van der Waals surface area contributed by atoms with Crippen LogP contribution in [0.2, 0.25) is 0 Å². The van der Waals surface area contributed by atoms with Gasteiger partial charge in [0.2, 0.25) is 5.91 Å². The van der Waals surface area contributed by atoms with E-state index in [-0.39, 0.29) is 17.2 Å². The summed E-state index contributed by atoms with van der Waals surface area (Å²) in [5, 5.41) is 4.11. The van der Waals surface area contributed by atoms with Gasteiger partial charge in [-0.15, -0.1) is 0 Å². The summed E-state index contributed by atoms with van der Waals surface area (Å²) in [4.78, 5) is 14.6. The third-order valence-electron chi connectivity index (χ3n) is 6.26. The lowest BCUT2D eigenvalue weighted by Gasteiger charge is -2.25. The lowest BCUT2D eigenvalue weighted by molar-refractivity contribution is -0.123. The van der Waals surface area contributed by atoms with E-state index < -0.39 is 0 Å². The first-order valence-corrected chi connectivity index (χ1v) is 9.36. The van der Waals surface area contributed by atoms with Crippen LogP contribution in [0.3, 0.4) is 0 Å². The number of nitrogens with zero attached hydrogens (tertiary/aromatic N) is 2. The summed E-state index contributed by atoms with van der Waals surface area (Å²) in [7, 11) is 0. The summed E-state index contributed by atoms with van der Waals surface area (Å²) in [5.41, 5.74) is 2.95. The Hall–Kier alpha value is -1.78. The van der Waals surface area contributed by atoms with Crippen molar-refractivity contribution in [1.29, 1.82) is 0 Å². The summed E-state index contributed by atoms with van der Waals surface area (Å²) in [5.74, 6) is 2.38. The number of amides is 1. The van der Waals surface area contributed by atoms with Gasteiger partial charge in [-0.2, -0.15) is 5.10 Å². The molecule has 2 saturated carbocycles. The quantitative estimate of drug-likeness (QED) is 0.679. The van der Waals surface area contributed by atoms with Gasteiger partial charge in [0.05, 0.1) is 6.21 Å². The van der Waals surface area contributed by atoms with Crippen LogP contribution in [-0.2, 0) is 4.79 Å². The van der Waals surface area contributed by atoms with Crippen molar-refractivity contribution in [2.45, 2.75) is 51.9 Å². The van der Waals surface area contributed by atoms with Crippen molar-refractivity contribution in [2.75, 3.05) is 18.0 Å². The number of hydrazone groups is 1. The predicted molar refractivity (Wildman–Crippen MR) is 94.1 cm³/mol. The maximum absolute atomic E-state index is 12.4. The minimum atomic E-state index is 0.0726. The lowest BCUT2D eigenvalue weighted by Crippen LogP contribution is -2.28. The van der Waals surface area contributed by atoms with Gasteiger partial charge >= 0.3 is 0 Å². The zero-order chi connectivity index (χ0) is 16.6. The number of anilines is 1. The van der Waals surface area contributed by atoms with E-state index >= 15 is 0 Å². The van der Waals surface area contributed by atoms with Gasteiger partial charge in [-0.25, -0.2) is 5.43 Å². The SMILES string of the molecule is CC12CCCCC1C2C(=O)N/N=C/c1ccc(N2CCCCC2)o1. The molecule has 4 rings (SSSR count). The van der Waals surface area contributed by atoms with Crippen molar-refractivity contribution >= 4 is 18.0 Å². The zero-order valence-corrected chi connectivity index (χ0v) is 14.5. The fraction of sp³-hybridized carbons (Fsp3) is 0.684. The Bertz CT molecular complexity index is 632. The molecule has 2 heterocycles. The molecule has 5 heteroatoms. The van der Waals surface area contributed by atoms with Gasteiger partial charge in [0.1, 0.15) is 5.76 Å². The van der Waals surface area contributed by atoms with Crippen molar-refractivity contribution in [3.63, 3.8) is 0 Å². The van der Waals surface area contributed by atoms with E-state index in [2.05, 4.69) is 22.4 Å². The Morgan fingerprint density at radius 2 is 2.12 bits per heavy atom. The number of nitrogens with one attached hydrogen (secondary N) is 1. The maximum atomic E-state index is 12.4. The van der Waals surface area contributed by atoms with Crippen LogP contribution in [0.4, 0.5) is 5.88 Å². The van der Waals surface area contributed by atoms with Crippen LogP contribution in [0.1, 0.15) is 57.6 Å². The van der Waals surface area contributed by atoms with Crippen LogP contribution in [0.25, 0.3) is 0 Å². The van der Waals surface area contributed by atoms with Crippen molar-refractivity contribution < 1.29 is 9.21 Å². The van der Waals surface area contributed by atoms with Crippen molar-refractivity contribution in [2.24, 2.45) is 22.4 Å². The third kappa shape index (κ3) is 2.85. The molecular formula is C19H27N3O2. The summed E-state index contributed by atoms with van der Waals surface area (Å²) in [6, 6.07) is 3.91. The van der Waals surface area contributed by atoms with Crippen LogP contribution >= 0.6 is 0 Å². The highest BCUT2D eigenvalue weighted by Gasteiger charge is 2.64. The van der Waals surface area contributed by atoms with Crippen LogP contribution in [0, 0.1) is 17.3 Å². The van der Waals surface area contributed by atoms with Crippen molar-refractivity contribution in [3.05, 3.63) is 17.9 Å². The molecule has 3 fully saturated rings. The number of carbonyl (C=O) groups excluding carboxylic acids is 1. The summed E-state index contributed by atoms with van der Waals surface area (Å²) < 4.78 is 5.82. The van der Waals surface area contributed by atoms with Gasteiger partial charge in [0.15, 0.2) is 5.88 Å². The number of rotatable bonds is 4. The van der Waals surface area contributed by atoms with E-state index in [1.165, 1.54) is 44.9 Å². The first kappa shape index (κ1) is 15.7. The number of carbonyl (C=O) groups is 1. The number of hydrogen-bond acceptors (Lipinski definition) is 4. The highest BCUT2D eigenvalue weighted by atomic mass is 16.4. The molecule has 24 heavy (non-hydrogen) atoms. The average molecular weight is 329 g/mol. The molecule has 5 nitrogen and oxygen atoms in total. The molecule has 0 spiro atoms. The Morgan fingerprint density at radius 1 is 1.29 bits per heavy atom. The largest absolute Gasteiger partial charge is 0.440 e. The van der Waals surface area contributed by atoms with Crippen molar-refractivity contribution in [3.8, 4) is 0 Å². The van der Waals surface area contributed by atoms with Gasteiger partial charge in [0, 0.05) is 25.1 Å². The van der Waals surface area contributed by atoms with E-state index in [4.69, 9.17) is 4.42 Å². The molecule has 3 unspecified atom stereocenters. The van der Waals surface area contributed by atoms with Crippen molar-refractivity contribution in [1.82, 2.24) is 5.43 Å². The standard InChI is InChI=1S/C19H27N3O2/c1-19-10-4-3-7-15(19)17(19)18(23)21-20-13-14-8-9-16(24-14)22-11-5-2-6-12-22/h8-9,13,15,17H,2-7,10-12H2,1H3,(H,21,23)/b20-13+. The Kier molecular flexibility index (Phi) is 4.10. The van der Waals surface area contributed by atoms with E-state index in [1.54, 1.807) is 6.21 Å². The Labute approximate surface area is 143 Å². The molecule has 0 radical (unpaired) electrons.